The van der Waals surface area contributed by atoms with Crippen LogP contribution in [0.15, 0.2) is 61.2 Å². The maximum Gasteiger partial charge on any atom is 0.332 e. The van der Waals surface area contributed by atoms with Crippen molar-refractivity contribution in [3.63, 3.8) is 0 Å². The lowest BCUT2D eigenvalue weighted by Crippen LogP contribution is -2.27. The standard InChI is InChI=1S/C32H41N3O8/c1-32(2,3)43-31(36)24-41-17-16-39-13-12-37-10-11-38-14-15-40-18-19-42-28-5-4-26-21-30(34-22-27(26)20-28)35-9-7-25-6-8-33-23-29(25)35/h4-9,20-23H,10-19,24H2,1-3H3. The first-order valence-corrected chi connectivity index (χ1v) is 14.4. The Morgan fingerprint density at radius 3 is 2.05 bits per heavy atom. The van der Waals surface area contributed by atoms with E-state index in [0.717, 1.165) is 33.2 Å². The van der Waals surface area contributed by atoms with Crippen LogP contribution in [0.25, 0.3) is 27.5 Å². The van der Waals surface area contributed by atoms with Crippen molar-refractivity contribution in [2.75, 3.05) is 72.7 Å². The molecule has 0 aliphatic rings. The van der Waals surface area contributed by atoms with E-state index in [9.17, 15) is 4.79 Å². The molecule has 0 aliphatic carbocycles. The largest absolute Gasteiger partial charge is 0.491 e. The Morgan fingerprint density at radius 2 is 1.37 bits per heavy atom. The van der Waals surface area contributed by atoms with Crippen LogP contribution in [-0.4, -0.2) is 98.8 Å². The van der Waals surface area contributed by atoms with Gasteiger partial charge in [-0.15, -0.1) is 0 Å². The van der Waals surface area contributed by atoms with Crippen molar-refractivity contribution in [3.8, 4) is 11.6 Å². The fraction of sp³-hybridized carbons (Fsp3) is 0.469. The number of pyridine rings is 2. The number of fused-ring (bicyclic) bond motifs is 2. The number of carbonyl (C=O) groups excluding carboxylic acids is 1. The molecular weight excluding hydrogens is 554 g/mol. The summed E-state index contributed by atoms with van der Waals surface area (Å²) >= 11 is 0. The van der Waals surface area contributed by atoms with Crippen LogP contribution < -0.4 is 4.74 Å². The maximum atomic E-state index is 11.5. The zero-order valence-corrected chi connectivity index (χ0v) is 25.2. The zero-order valence-electron chi connectivity index (χ0n) is 25.2. The maximum absolute atomic E-state index is 11.5. The molecule has 3 heterocycles. The molecule has 1 aromatic carbocycles. The third kappa shape index (κ3) is 11.2. The minimum atomic E-state index is -0.511. The second kappa shape index (κ2) is 16.9. The van der Waals surface area contributed by atoms with Crippen LogP contribution in [0.2, 0.25) is 0 Å². The van der Waals surface area contributed by atoms with Gasteiger partial charge in [0.05, 0.1) is 71.2 Å². The number of carbonyl (C=O) groups is 1. The van der Waals surface area contributed by atoms with E-state index < -0.39 is 5.60 Å². The fourth-order valence-corrected chi connectivity index (χ4v) is 4.13. The smallest absolute Gasteiger partial charge is 0.332 e. The molecule has 0 saturated heterocycles. The molecule has 0 saturated carbocycles. The Labute approximate surface area is 252 Å². The average molecular weight is 596 g/mol. The number of benzene rings is 1. The molecule has 0 fully saturated rings. The van der Waals surface area contributed by atoms with Gasteiger partial charge in [0.2, 0.25) is 0 Å². The predicted octanol–water partition coefficient (Wildman–Crippen LogP) is 4.38. The third-order valence-electron chi connectivity index (χ3n) is 6.05. The first-order chi connectivity index (χ1) is 20.9. The van der Waals surface area contributed by atoms with Gasteiger partial charge in [0, 0.05) is 29.4 Å². The molecule has 0 unspecified atom stereocenters. The highest BCUT2D eigenvalue weighted by atomic mass is 16.6. The summed E-state index contributed by atoms with van der Waals surface area (Å²) in [4.78, 5) is 20.4. The molecule has 0 radical (unpaired) electrons. The molecular formula is C32H41N3O8. The van der Waals surface area contributed by atoms with Crippen LogP contribution in [-0.2, 0) is 33.2 Å². The monoisotopic (exact) mass is 595 g/mol. The number of ether oxygens (including phenoxy) is 7. The van der Waals surface area contributed by atoms with Gasteiger partial charge >= 0.3 is 5.97 Å². The summed E-state index contributed by atoms with van der Waals surface area (Å²) in [5.41, 5.74) is 0.510. The van der Waals surface area contributed by atoms with Crippen molar-refractivity contribution in [2.45, 2.75) is 26.4 Å². The van der Waals surface area contributed by atoms with Gasteiger partial charge in [-0.2, -0.15) is 0 Å². The Morgan fingerprint density at radius 1 is 0.721 bits per heavy atom. The van der Waals surface area contributed by atoms with Crippen molar-refractivity contribution in [2.24, 2.45) is 0 Å². The quantitative estimate of drug-likeness (QED) is 0.114. The van der Waals surface area contributed by atoms with Crippen molar-refractivity contribution in [1.82, 2.24) is 14.5 Å². The normalized spacial score (nSPS) is 11.8. The molecule has 0 N–H and O–H groups in total. The number of rotatable bonds is 19. The van der Waals surface area contributed by atoms with E-state index in [4.69, 9.17) is 33.2 Å². The number of hydrogen-bond acceptors (Lipinski definition) is 10. The minimum absolute atomic E-state index is 0.0822. The van der Waals surface area contributed by atoms with Crippen LogP contribution in [0.1, 0.15) is 20.8 Å². The summed E-state index contributed by atoms with van der Waals surface area (Å²) in [6.07, 6.45) is 7.50. The van der Waals surface area contributed by atoms with E-state index in [1.807, 2.05) is 68.2 Å². The topological polar surface area (TPSA) is 112 Å². The summed E-state index contributed by atoms with van der Waals surface area (Å²) in [6, 6.07) is 12.1. The molecule has 232 valence electrons. The second-order valence-electron chi connectivity index (χ2n) is 10.6. The van der Waals surface area contributed by atoms with E-state index in [2.05, 4.69) is 22.1 Å². The van der Waals surface area contributed by atoms with Gasteiger partial charge in [0.25, 0.3) is 0 Å². The highest BCUT2D eigenvalue weighted by Crippen LogP contribution is 2.24. The lowest BCUT2D eigenvalue weighted by Gasteiger charge is -2.19. The third-order valence-corrected chi connectivity index (χ3v) is 6.05. The molecule has 4 aromatic rings. The molecule has 3 aromatic heterocycles. The van der Waals surface area contributed by atoms with Crippen LogP contribution in [0.4, 0.5) is 0 Å². The molecule has 43 heavy (non-hydrogen) atoms. The molecule has 0 aliphatic heterocycles. The molecule has 0 atom stereocenters. The second-order valence-corrected chi connectivity index (χ2v) is 10.6. The Kier molecular flexibility index (Phi) is 12.7. The summed E-state index contributed by atoms with van der Waals surface area (Å²) in [7, 11) is 0. The highest BCUT2D eigenvalue weighted by Gasteiger charge is 2.15. The molecule has 11 heteroatoms. The Bertz CT molecular complexity index is 1420. The van der Waals surface area contributed by atoms with Gasteiger partial charge in [-0.1, -0.05) is 6.07 Å². The van der Waals surface area contributed by atoms with Gasteiger partial charge in [0.1, 0.15) is 30.4 Å². The predicted molar refractivity (Wildman–Crippen MR) is 162 cm³/mol. The lowest BCUT2D eigenvalue weighted by atomic mass is 10.1. The van der Waals surface area contributed by atoms with E-state index >= 15 is 0 Å². The van der Waals surface area contributed by atoms with Crippen molar-refractivity contribution in [3.05, 3.63) is 61.2 Å². The van der Waals surface area contributed by atoms with Gasteiger partial charge in [0.15, 0.2) is 0 Å². The van der Waals surface area contributed by atoms with Crippen LogP contribution in [0.3, 0.4) is 0 Å². The number of nitrogens with zero attached hydrogens (tertiary/aromatic N) is 3. The van der Waals surface area contributed by atoms with E-state index in [-0.39, 0.29) is 12.6 Å². The lowest BCUT2D eigenvalue weighted by molar-refractivity contribution is -0.160. The summed E-state index contributed by atoms with van der Waals surface area (Å²) in [6.45, 7) is 9.76. The Balaban J connectivity index is 0.978. The molecule has 0 spiro atoms. The number of hydrogen-bond donors (Lipinski definition) is 0. The van der Waals surface area contributed by atoms with Gasteiger partial charge in [-0.3, -0.25) is 9.55 Å². The zero-order chi connectivity index (χ0) is 30.3. The van der Waals surface area contributed by atoms with Crippen LogP contribution >= 0.6 is 0 Å². The molecule has 0 bridgehead atoms. The van der Waals surface area contributed by atoms with E-state index in [0.29, 0.717) is 66.1 Å². The molecule has 11 nitrogen and oxygen atoms in total. The summed E-state index contributed by atoms with van der Waals surface area (Å²) < 4.78 is 40.2. The average Bonchev–Trinajstić information content (AvgIpc) is 3.42. The molecule has 4 rings (SSSR count). The summed E-state index contributed by atoms with van der Waals surface area (Å²) in [5, 5.41) is 3.21. The Hall–Kier alpha value is -3.61. The molecule has 0 amide bonds. The van der Waals surface area contributed by atoms with Crippen LogP contribution in [0, 0.1) is 0 Å². The summed E-state index contributed by atoms with van der Waals surface area (Å²) in [5.74, 6) is 1.23. The van der Waals surface area contributed by atoms with Crippen LogP contribution in [0.5, 0.6) is 5.75 Å². The highest BCUT2D eigenvalue weighted by molar-refractivity contribution is 5.86. The minimum Gasteiger partial charge on any atom is -0.491 e. The van der Waals surface area contributed by atoms with Crippen molar-refractivity contribution in [1.29, 1.82) is 0 Å². The first kappa shape index (κ1) is 32.3. The number of esters is 1. The van der Waals surface area contributed by atoms with Gasteiger partial charge in [-0.25, -0.2) is 9.78 Å². The fourth-order valence-electron chi connectivity index (χ4n) is 4.13. The first-order valence-electron chi connectivity index (χ1n) is 14.4. The SMILES string of the molecule is CC(C)(C)OC(=O)COCCOCCOCCOCCOCCOc1ccc2cc(-n3ccc4ccncc43)ncc2c1. The van der Waals surface area contributed by atoms with E-state index in [1.54, 1.807) is 6.20 Å². The number of aromatic nitrogens is 3. The van der Waals surface area contributed by atoms with Crippen molar-refractivity contribution < 1.29 is 38.0 Å². The van der Waals surface area contributed by atoms with Gasteiger partial charge < -0.3 is 33.2 Å². The van der Waals surface area contributed by atoms with Crippen molar-refractivity contribution >= 4 is 27.6 Å². The van der Waals surface area contributed by atoms with E-state index in [1.165, 1.54) is 0 Å². The van der Waals surface area contributed by atoms with Gasteiger partial charge in [-0.05, 0) is 56.5 Å².